The quantitative estimate of drug-likeness (QED) is 0.437. The molecule has 0 radical (unpaired) electrons. The van der Waals surface area contributed by atoms with Gasteiger partial charge in [-0.25, -0.2) is 4.79 Å². The first-order valence-corrected chi connectivity index (χ1v) is 14.1. The van der Waals surface area contributed by atoms with Gasteiger partial charge < -0.3 is 4.74 Å². The highest BCUT2D eigenvalue weighted by Crippen LogP contribution is 2.43. The fourth-order valence-corrected chi connectivity index (χ4v) is 9.42. The van der Waals surface area contributed by atoms with Gasteiger partial charge in [0.1, 0.15) is 5.60 Å². The van der Waals surface area contributed by atoms with Crippen LogP contribution in [0.15, 0.2) is 12.7 Å². The van der Waals surface area contributed by atoms with Crippen LogP contribution in [0.5, 0.6) is 0 Å². The fraction of sp³-hybridized carbons (Fsp3) is 0.786. The Balaban J connectivity index is 2.93. The Morgan fingerprint density at radius 3 is 2.50 bits per heavy atom. The molecule has 4 heteroatoms. The molecule has 0 aliphatic carbocycles. The highest BCUT2D eigenvalue weighted by atomic mass is 28.3. The van der Waals surface area contributed by atoms with Crippen LogP contribution in [-0.2, 0) is 9.53 Å². The van der Waals surface area contributed by atoms with E-state index in [1.54, 1.807) is 0 Å². The average molecular weight is 285 g/mol. The van der Waals surface area contributed by atoms with Gasteiger partial charge in [-0.3, -0.25) is 0 Å². The number of carbonyl (C=O) groups is 1. The van der Waals surface area contributed by atoms with Crippen molar-refractivity contribution < 1.29 is 9.53 Å². The van der Waals surface area contributed by atoms with E-state index in [1.165, 1.54) is 18.5 Å². The summed E-state index contributed by atoms with van der Waals surface area (Å²) in [5, 5.41) is 0. The first kappa shape index (κ1) is 15.7. The molecule has 1 fully saturated rings. The highest BCUT2D eigenvalue weighted by molar-refractivity contribution is 6.79. The van der Waals surface area contributed by atoms with Crippen LogP contribution in [0.1, 0.15) is 12.8 Å². The minimum Gasteiger partial charge on any atom is -0.457 e. The average Bonchev–Trinajstić information content (AvgIpc) is 2.12. The third kappa shape index (κ3) is 4.73. The van der Waals surface area contributed by atoms with Gasteiger partial charge in [-0.05, 0) is 18.5 Å². The lowest BCUT2D eigenvalue weighted by molar-refractivity contribution is -0.151. The Morgan fingerprint density at radius 2 is 2.06 bits per heavy atom. The van der Waals surface area contributed by atoms with Crippen molar-refractivity contribution >= 4 is 22.1 Å². The molecular weight excluding hydrogens is 256 g/mol. The Kier molecular flexibility index (Phi) is 4.65. The van der Waals surface area contributed by atoms with E-state index in [0.29, 0.717) is 0 Å². The predicted molar refractivity (Wildman–Crippen MR) is 83.5 cm³/mol. The van der Waals surface area contributed by atoms with Gasteiger partial charge in [0.25, 0.3) is 0 Å². The van der Waals surface area contributed by atoms with E-state index < -0.39 is 16.1 Å². The summed E-state index contributed by atoms with van der Waals surface area (Å²) in [6.07, 6.45) is 3.58. The Bertz CT molecular complexity index is 327. The van der Waals surface area contributed by atoms with Crippen LogP contribution in [0, 0.1) is 0 Å². The number of hydrogen-bond acceptors (Lipinski definition) is 2. The first-order valence-electron chi connectivity index (χ1n) is 6.93. The number of esters is 1. The molecule has 1 aliphatic heterocycles. The van der Waals surface area contributed by atoms with E-state index in [2.05, 4.69) is 39.3 Å². The van der Waals surface area contributed by atoms with Crippen LogP contribution in [0.25, 0.3) is 0 Å². The number of rotatable bonds is 4. The van der Waals surface area contributed by atoms with Crippen LogP contribution >= 0.6 is 0 Å². The largest absolute Gasteiger partial charge is 0.457 e. The maximum absolute atomic E-state index is 11.7. The van der Waals surface area contributed by atoms with Gasteiger partial charge in [0.2, 0.25) is 0 Å². The summed E-state index contributed by atoms with van der Waals surface area (Å²) in [5.41, 5.74) is -0.177. The van der Waals surface area contributed by atoms with Crippen molar-refractivity contribution in [3.63, 3.8) is 0 Å². The summed E-state index contributed by atoms with van der Waals surface area (Å²) in [4.78, 5) is 11.7. The second kappa shape index (κ2) is 5.33. The van der Waals surface area contributed by atoms with E-state index >= 15 is 0 Å². The maximum Gasteiger partial charge on any atom is 0.330 e. The molecule has 0 spiro atoms. The SMILES string of the molecule is C=CC(=O)OC1(C[Si](C)(C)C)CCC[Si](C)(C)C1. The normalized spacial score (nSPS) is 27.6. The van der Waals surface area contributed by atoms with Gasteiger partial charge in [-0.15, -0.1) is 0 Å². The third-order valence-corrected chi connectivity index (χ3v) is 8.64. The molecular formula is C14H28O2Si2. The van der Waals surface area contributed by atoms with Gasteiger partial charge in [-0.2, -0.15) is 0 Å². The van der Waals surface area contributed by atoms with Crippen molar-refractivity contribution in [2.24, 2.45) is 0 Å². The lowest BCUT2D eigenvalue weighted by Gasteiger charge is -2.45. The molecule has 1 saturated heterocycles. The van der Waals surface area contributed by atoms with Crippen LogP contribution < -0.4 is 0 Å². The van der Waals surface area contributed by atoms with Crippen molar-refractivity contribution in [1.29, 1.82) is 0 Å². The minimum absolute atomic E-state index is 0.177. The van der Waals surface area contributed by atoms with E-state index in [4.69, 9.17) is 4.74 Å². The molecule has 0 aromatic rings. The molecule has 1 rings (SSSR count). The second-order valence-electron chi connectivity index (χ2n) is 7.74. The summed E-state index contributed by atoms with van der Waals surface area (Å²) in [5.74, 6) is -0.236. The number of carbonyl (C=O) groups excluding carboxylic acids is 1. The first-order chi connectivity index (χ1) is 8.08. The number of ether oxygens (including phenoxy) is 1. The molecule has 1 atom stereocenters. The van der Waals surface area contributed by atoms with Crippen molar-refractivity contribution in [1.82, 2.24) is 0 Å². The van der Waals surface area contributed by atoms with Crippen molar-refractivity contribution in [3.05, 3.63) is 12.7 Å². The molecule has 0 saturated carbocycles. The molecule has 1 heterocycles. The lowest BCUT2D eigenvalue weighted by Crippen LogP contribution is -2.50. The summed E-state index contributed by atoms with van der Waals surface area (Å²) in [6, 6.07) is 3.59. The summed E-state index contributed by atoms with van der Waals surface area (Å²) >= 11 is 0. The molecule has 0 N–H and O–H groups in total. The van der Waals surface area contributed by atoms with E-state index in [9.17, 15) is 4.79 Å². The molecule has 0 aromatic carbocycles. The van der Waals surface area contributed by atoms with Gasteiger partial charge in [-0.1, -0.05) is 51.8 Å². The summed E-state index contributed by atoms with van der Waals surface area (Å²) < 4.78 is 5.85. The summed E-state index contributed by atoms with van der Waals surface area (Å²) in [7, 11) is -2.44. The number of hydrogen-bond donors (Lipinski definition) is 0. The van der Waals surface area contributed by atoms with Gasteiger partial charge in [0.15, 0.2) is 0 Å². The molecule has 0 aromatic heterocycles. The van der Waals surface area contributed by atoms with Crippen LogP contribution in [-0.4, -0.2) is 27.7 Å². The third-order valence-electron chi connectivity index (χ3n) is 3.62. The second-order valence-corrected chi connectivity index (χ2v) is 18.4. The fourth-order valence-electron chi connectivity index (χ4n) is 3.43. The van der Waals surface area contributed by atoms with Crippen LogP contribution in [0.2, 0.25) is 50.9 Å². The molecule has 104 valence electrons. The van der Waals surface area contributed by atoms with Gasteiger partial charge in [0.05, 0.1) is 8.07 Å². The predicted octanol–water partition coefficient (Wildman–Crippen LogP) is 4.29. The lowest BCUT2D eigenvalue weighted by atomic mass is 10.0. The zero-order chi connectivity index (χ0) is 14.0. The van der Waals surface area contributed by atoms with Gasteiger partial charge in [0, 0.05) is 14.1 Å². The van der Waals surface area contributed by atoms with Crippen LogP contribution in [0.3, 0.4) is 0 Å². The highest BCUT2D eigenvalue weighted by Gasteiger charge is 2.45. The molecule has 0 amide bonds. The smallest absolute Gasteiger partial charge is 0.330 e. The minimum atomic E-state index is -1.25. The molecule has 1 unspecified atom stereocenters. The topological polar surface area (TPSA) is 26.3 Å². The van der Waals surface area contributed by atoms with E-state index in [1.807, 2.05) is 0 Å². The molecule has 18 heavy (non-hydrogen) atoms. The Hall–Kier alpha value is -0.356. The molecule has 2 nitrogen and oxygen atoms in total. The van der Waals surface area contributed by atoms with E-state index in [-0.39, 0.29) is 11.6 Å². The zero-order valence-corrected chi connectivity index (χ0v) is 14.6. The molecule has 0 bridgehead atoms. The van der Waals surface area contributed by atoms with Crippen molar-refractivity contribution in [2.45, 2.75) is 69.3 Å². The van der Waals surface area contributed by atoms with Crippen LogP contribution in [0.4, 0.5) is 0 Å². The summed E-state index contributed by atoms with van der Waals surface area (Å²) in [6.45, 7) is 15.5. The zero-order valence-electron chi connectivity index (χ0n) is 12.6. The van der Waals surface area contributed by atoms with Gasteiger partial charge >= 0.3 is 5.97 Å². The van der Waals surface area contributed by atoms with Crippen molar-refractivity contribution in [2.75, 3.05) is 0 Å². The Morgan fingerprint density at radius 1 is 1.44 bits per heavy atom. The maximum atomic E-state index is 11.7. The van der Waals surface area contributed by atoms with E-state index in [0.717, 1.165) is 18.5 Å². The molecule has 1 aliphatic rings. The van der Waals surface area contributed by atoms with Crippen molar-refractivity contribution in [3.8, 4) is 0 Å². The monoisotopic (exact) mass is 284 g/mol. The standard InChI is InChI=1S/C14H28O2Si2/c1-7-13(15)16-14(11-17(2,3)4)9-8-10-18(5,6)12-14/h7H,1,8-12H2,2-6H3. The Labute approximate surface area is 114 Å².